The van der Waals surface area contributed by atoms with Gasteiger partial charge in [-0.2, -0.15) is 0 Å². The van der Waals surface area contributed by atoms with Gasteiger partial charge in [0.25, 0.3) is 0 Å². The largest absolute Gasteiger partial charge is 0.454 e. The summed E-state index contributed by atoms with van der Waals surface area (Å²) in [6.45, 7) is 6.65. The van der Waals surface area contributed by atoms with Crippen LogP contribution in [0.5, 0.6) is 0 Å². The molecule has 0 saturated heterocycles. The summed E-state index contributed by atoms with van der Waals surface area (Å²) in [5.74, 6) is -12.9. The Hall–Kier alpha value is -2.18. The monoisotopic (exact) mass is 292 g/mol. The molecule has 1 aromatic rings. The van der Waals surface area contributed by atoms with Crippen LogP contribution in [-0.2, 0) is 4.74 Å². The highest BCUT2D eigenvalue weighted by Crippen LogP contribution is 2.24. The predicted molar refractivity (Wildman–Crippen MR) is 60.4 cm³/mol. The van der Waals surface area contributed by atoms with Gasteiger partial charge in [-0.3, -0.25) is 0 Å². The maximum absolute atomic E-state index is 13.3. The summed E-state index contributed by atoms with van der Waals surface area (Å²) < 4.78 is 69.9. The van der Waals surface area contributed by atoms with Crippen molar-refractivity contribution in [2.45, 2.75) is 12.5 Å². The maximum atomic E-state index is 13.3. The third-order valence-electron chi connectivity index (χ3n) is 2.33. The lowest BCUT2D eigenvalue weighted by atomic mass is 10.1. The molecule has 20 heavy (non-hydrogen) atoms. The van der Waals surface area contributed by atoms with E-state index in [4.69, 9.17) is 0 Å². The molecule has 0 aliphatic heterocycles. The van der Waals surface area contributed by atoms with Crippen molar-refractivity contribution in [2.24, 2.45) is 0 Å². The zero-order chi connectivity index (χ0) is 15.4. The molecule has 0 aromatic heterocycles. The normalized spacial score (nSPS) is 11.8. The number of hydrogen-bond donors (Lipinski definition) is 0. The second-order valence-corrected chi connectivity index (χ2v) is 3.65. The molecule has 1 rings (SSSR count). The zero-order valence-electron chi connectivity index (χ0n) is 10.1. The molecule has 0 fully saturated rings. The Bertz CT molecular complexity index is 539. The smallest absolute Gasteiger partial charge is 0.344 e. The molecule has 0 heterocycles. The van der Waals surface area contributed by atoms with E-state index in [0.717, 1.165) is 6.08 Å². The zero-order valence-corrected chi connectivity index (χ0v) is 10.1. The number of ether oxygens (including phenoxy) is 1. The van der Waals surface area contributed by atoms with Crippen molar-refractivity contribution < 1.29 is 31.5 Å². The average molecular weight is 292 g/mol. The maximum Gasteiger partial charge on any atom is 0.344 e. The van der Waals surface area contributed by atoms with Crippen molar-refractivity contribution in [1.29, 1.82) is 0 Å². The van der Waals surface area contributed by atoms with Crippen LogP contribution in [0.15, 0.2) is 25.3 Å². The predicted octanol–water partition coefficient (Wildman–Crippen LogP) is 3.67. The highest BCUT2D eigenvalue weighted by molar-refractivity contribution is 5.90. The van der Waals surface area contributed by atoms with Gasteiger partial charge in [-0.05, 0) is 0 Å². The second kappa shape index (κ2) is 6.31. The Morgan fingerprint density at radius 3 is 1.85 bits per heavy atom. The van der Waals surface area contributed by atoms with Crippen molar-refractivity contribution in [2.75, 3.05) is 0 Å². The first kappa shape index (κ1) is 15.9. The fourth-order valence-corrected chi connectivity index (χ4v) is 1.34. The minimum absolute atomic E-state index is 0.0740. The van der Waals surface area contributed by atoms with Crippen LogP contribution in [0.4, 0.5) is 22.0 Å². The van der Waals surface area contributed by atoms with Gasteiger partial charge in [-0.15, -0.1) is 6.58 Å². The van der Waals surface area contributed by atoms with Crippen LogP contribution < -0.4 is 0 Å². The fourth-order valence-electron chi connectivity index (χ4n) is 1.34. The summed E-state index contributed by atoms with van der Waals surface area (Å²) in [5, 5.41) is 0. The summed E-state index contributed by atoms with van der Waals surface area (Å²) in [7, 11) is 0. The lowest BCUT2D eigenvalue weighted by Crippen LogP contribution is -2.20. The van der Waals surface area contributed by atoms with E-state index in [0.29, 0.717) is 0 Å². The molecule has 0 spiro atoms. The molecule has 1 atom stereocenters. The standard InChI is InChI=1S/C13H9F5O2/c1-3-5-6(4-2)20-13(19)7-8(14)10(16)12(18)11(17)9(7)15/h3-4,6H,1-2,5H2. The third kappa shape index (κ3) is 2.87. The molecule has 0 amide bonds. The van der Waals surface area contributed by atoms with Gasteiger partial charge in [0, 0.05) is 6.42 Å². The Morgan fingerprint density at radius 2 is 1.45 bits per heavy atom. The van der Waals surface area contributed by atoms with Crippen LogP contribution >= 0.6 is 0 Å². The summed E-state index contributed by atoms with van der Waals surface area (Å²) in [5.41, 5.74) is -1.64. The van der Waals surface area contributed by atoms with Crippen molar-refractivity contribution in [3.05, 3.63) is 60.0 Å². The molecule has 0 aliphatic carbocycles. The molecular weight excluding hydrogens is 283 g/mol. The molecular formula is C13H9F5O2. The molecule has 1 aromatic carbocycles. The summed E-state index contributed by atoms with van der Waals surface area (Å²) in [6.07, 6.45) is 1.55. The van der Waals surface area contributed by atoms with Gasteiger partial charge < -0.3 is 4.74 Å². The lowest BCUT2D eigenvalue weighted by Gasteiger charge is -2.13. The van der Waals surface area contributed by atoms with Gasteiger partial charge in [0.2, 0.25) is 5.82 Å². The molecule has 0 N–H and O–H groups in total. The molecule has 108 valence electrons. The quantitative estimate of drug-likeness (QED) is 0.272. The summed E-state index contributed by atoms with van der Waals surface area (Å²) in [6, 6.07) is 0. The lowest BCUT2D eigenvalue weighted by molar-refractivity contribution is 0.0386. The molecule has 7 heteroatoms. The first-order chi connectivity index (χ1) is 9.34. The van der Waals surface area contributed by atoms with E-state index in [1.165, 1.54) is 6.08 Å². The highest BCUT2D eigenvalue weighted by atomic mass is 19.2. The van der Waals surface area contributed by atoms with Gasteiger partial charge >= 0.3 is 5.97 Å². The van der Waals surface area contributed by atoms with Crippen molar-refractivity contribution >= 4 is 5.97 Å². The van der Waals surface area contributed by atoms with Crippen LogP contribution in [0.2, 0.25) is 0 Å². The number of halogens is 5. The molecule has 0 saturated carbocycles. The van der Waals surface area contributed by atoms with E-state index < -0.39 is 46.7 Å². The van der Waals surface area contributed by atoms with E-state index in [2.05, 4.69) is 17.9 Å². The van der Waals surface area contributed by atoms with Gasteiger partial charge in [-0.25, -0.2) is 26.7 Å². The number of benzene rings is 1. The third-order valence-corrected chi connectivity index (χ3v) is 2.33. The van der Waals surface area contributed by atoms with Gasteiger partial charge in [0.15, 0.2) is 23.3 Å². The molecule has 2 nitrogen and oxygen atoms in total. The van der Waals surface area contributed by atoms with Crippen LogP contribution in [0.1, 0.15) is 16.8 Å². The van der Waals surface area contributed by atoms with E-state index in [1.807, 2.05) is 0 Å². The number of esters is 1. The number of rotatable bonds is 5. The Morgan fingerprint density at radius 1 is 1.00 bits per heavy atom. The SMILES string of the molecule is C=CCC(C=C)OC(=O)c1c(F)c(F)c(F)c(F)c1F. The molecule has 0 radical (unpaired) electrons. The van der Waals surface area contributed by atoms with Gasteiger partial charge in [0.1, 0.15) is 11.7 Å². The van der Waals surface area contributed by atoms with Crippen molar-refractivity contribution in [3.63, 3.8) is 0 Å². The topological polar surface area (TPSA) is 26.3 Å². The van der Waals surface area contributed by atoms with E-state index in [1.54, 1.807) is 0 Å². The Labute approximate surface area is 111 Å². The summed E-state index contributed by atoms with van der Waals surface area (Å²) >= 11 is 0. The molecule has 1 unspecified atom stereocenters. The van der Waals surface area contributed by atoms with Crippen molar-refractivity contribution in [1.82, 2.24) is 0 Å². The first-order valence-electron chi connectivity index (χ1n) is 5.31. The van der Waals surface area contributed by atoms with Crippen LogP contribution in [0.3, 0.4) is 0 Å². The Kier molecular flexibility index (Phi) is 5.01. The molecule has 0 bridgehead atoms. The highest BCUT2D eigenvalue weighted by Gasteiger charge is 2.31. The first-order valence-corrected chi connectivity index (χ1v) is 5.31. The van der Waals surface area contributed by atoms with Crippen LogP contribution in [0.25, 0.3) is 0 Å². The second-order valence-electron chi connectivity index (χ2n) is 3.65. The van der Waals surface area contributed by atoms with Gasteiger partial charge in [0.05, 0.1) is 0 Å². The Balaban J connectivity index is 3.23. The number of carbonyl (C=O) groups excluding carboxylic acids is 1. The average Bonchev–Trinajstić information content (AvgIpc) is 2.42. The molecule has 0 aliphatic rings. The van der Waals surface area contributed by atoms with Crippen LogP contribution in [-0.4, -0.2) is 12.1 Å². The minimum atomic E-state index is -2.34. The minimum Gasteiger partial charge on any atom is -0.454 e. The van der Waals surface area contributed by atoms with Crippen LogP contribution in [0, 0.1) is 29.1 Å². The van der Waals surface area contributed by atoms with E-state index in [-0.39, 0.29) is 6.42 Å². The summed E-state index contributed by atoms with van der Waals surface area (Å²) in [4.78, 5) is 11.5. The van der Waals surface area contributed by atoms with E-state index in [9.17, 15) is 26.7 Å². The van der Waals surface area contributed by atoms with Gasteiger partial charge in [-0.1, -0.05) is 18.7 Å². The number of carbonyl (C=O) groups is 1. The van der Waals surface area contributed by atoms with Crippen molar-refractivity contribution in [3.8, 4) is 0 Å². The fraction of sp³-hybridized carbons (Fsp3) is 0.154. The van der Waals surface area contributed by atoms with E-state index >= 15 is 0 Å². The number of hydrogen-bond acceptors (Lipinski definition) is 2.